The van der Waals surface area contributed by atoms with E-state index in [2.05, 4.69) is 11.4 Å². The highest BCUT2D eigenvalue weighted by atomic mass is 35.5. The van der Waals surface area contributed by atoms with Gasteiger partial charge in [0.2, 0.25) is 10.0 Å². The average molecular weight is 335 g/mol. The molecule has 1 N–H and O–H groups in total. The van der Waals surface area contributed by atoms with Gasteiger partial charge in [-0.2, -0.15) is 0 Å². The molecule has 0 bridgehead atoms. The maximum Gasteiger partial charge on any atom is 0.211 e. The Kier molecular flexibility index (Phi) is 4.12. The van der Waals surface area contributed by atoms with E-state index in [-0.39, 0.29) is 0 Å². The number of halogens is 1. The first-order valence-electron chi connectivity index (χ1n) is 6.93. The molecule has 2 aliphatic rings. The highest BCUT2D eigenvalue weighted by Crippen LogP contribution is 2.39. The minimum absolute atomic E-state index is 0.392. The molecule has 1 aromatic rings. The minimum Gasteiger partial charge on any atom is -0.307 e. The summed E-state index contributed by atoms with van der Waals surface area (Å²) in [5.41, 5.74) is 1.35. The van der Waals surface area contributed by atoms with Gasteiger partial charge in [-0.15, -0.1) is 11.3 Å². The van der Waals surface area contributed by atoms with Gasteiger partial charge in [0.05, 0.1) is 10.6 Å². The van der Waals surface area contributed by atoms with Gasteiger partial charge >= 0.3 is 0 Å². The molecule has 20 heavy (non-hydrogen) atoms. The van der Waals surface area contributed by atoms with E-state index >= 15 is 0 Å². The van der Waals surface area contributed by atoms with Crippen LogP contribution in [-0.2, 0) is 16.4 Å². The van der Waals surface area contributed by atoms with Crippen molar-refractivity contribution in [2.75, 3.05) is 19.3 Å². The van der Waals surface area contributed by atoms with Crippen molar-refractivity contribution in [2.45, 2.75) is 37.8 Å². The summed E-state index contributed by atoms with van der Waals surface area (Å²) in [6, 6.07) is 2.88. The fourth-order valence-electron chi connectivity index (χ4n) is 3.14. The third-order valence-corrected chi connectivity index (χ3v) is 6.85. The van der Waals surface area contributed by atoms with Crippen molar-refractivity contribution in [1.82, 2.24) is 9.62 Å². The van der Waals surface area contributed by atoms with E-state index in [1.807, 2.05) is 0 Å². The summed E-state index contributed by atoms with van der Waals surface area (Å²) >= 11 is 7.76. The number of hydrogen-bond acceptors (Lipinski definition) is 4. The smallest absolute Gasteiger partial charge is 0.211 e. The van der Waals surface area contributed by atoms with E-state index < -0.39 is 10.0 Å². The highest BCUT2D eigenvalue weighted by molar-refractivity contribution is 7.88. The van der Waals surface area contributed by atoms with Gasteiger partial charge in [-0.3, -0.25) is 0 Å². The second kappa shape index (κ2) is 5.57. The number of fused-ring (bicyclic) bond motifs is 1. The van der Waals surface area contributed by atoms with E-state index in [0.29, 0.717) is 25.2 Å². The largest absolute Gasteiger partial charge is 0.307 e. The van der Waals surface area contributed by atoms with Crippen molar-refractivity contribution in [2.24, 2.45) is 0 Å². The van der Waals surface area contributed by atoms with Crippen LogP contribution < -0.4 is 5.32 Å². The van der Waals surface area contributed by atoms with Crippen molar-refractivity contribution in [3.63, 3.8) is 0 Å². The Morgan fingerprint density at radius 2 is 2.05 bits per heavy atom. The monoisotopic (exact) mass is 334 g/mol. The molecular formula is C13H19ClN2O2S2. The molecule has 2 heterocycles. The van der Waals surface area contributed by atoms with Gasteiger partial charge in [-0.1, -0.05) is 11.6 Å². The quantitative estimate of drug-likeness (QED) is 0.923. The van der Waals surface area contributed by atoms with Crippen LogP contribution in [0.4, 0.5) is 0 Å². The molecule has 1 atom stereocenters. The molecule has 0 radical (unpaired) electrons. The van der Waals surface area contributed by atoms with Gasteiger partial charge in [0.1, 0.15) is 0 Å². The Labute approximate surface area is 129 Å². The number of nitrogens with zero attached hydrogens (tertiary/aromatic N) is 1. The van der Waals surface area contributed by atoms with Crippen molar-refractivity contribution in [3.8, 4) is 0 Å². The first kappa shape index (κ1) is 14.8. The topological polar surface area (TPSA) is 49.4 Å². The van der Waals surface area contributed by atoms with Crippen LogP contribution in [0.5, 0.6) is 0 Å². The molecule has 0 spiro atoms. The fraction of sp³-hybridized carbons (Fsp3) is 0.692. The lowest BCUT2D eigenvalue weighted by Crippen LogP contribution is -2.45. The second-order valence-corrected chi connectivity index (χ2v) is 9.37. The van der Waals surface area contributed by atoms with E-state index in [0.717, 1.165) is 30.0 Å². The van der Waals surface area contributed by atoms with Gasteiger partial charge in [0, 0.05) is 30.1 Å². The molecule has 0 aromatic carbocycles. The zero-order valence-corrected chi connectivity index (χ0v) is 13.8. The first-order chi connectivity index (χ1) is 9.43. The van der Waals surface area contributed by atoms with Crippen LogP contribution >= 0.6 is 22.9 Å². The lowest BCUT2D eigenvalue weighted by Gasteiger charge is -2.32. The molecule has 1 fully saturated rings. The Morgan fingerprint density at radius 1 is 1.35 bits per heavy atom. The molecule has 3 rings (SSSR count). The molecule has 7 heteroatoms. The van der Waals surface area contributed by atoms with Crippen molar-refractivity contribution in [3.05, 3.63) is 20.8 Å². The number of thiophene rings is 1. The molecule has 1 aromatic heterocycles. The summed E-state index contributed by atoms with van der Waals surface area (Å²) in [5, 5.41) is 3.69. The Bertz CT molecular complexity index is 592. The van der Waals surface area contributed by atoms with Gasteiger partial charge in [-0.25, -0.2) is 12.7 Å². The van der Waals surface area contributed by atoms with Crippen LogP contribution in [0.1, 0.15) is 35.7 Å². The molecule has 1 aliphatic carbocycles. The standard InChI is InChI=1S/C13H19ClN2O2S2/c1-20(17,18)16-6-4-9(5-7-16)15-11-2-3-12-10(11)8-13(14)19-12/h8-9,11,15H,2-7H2,1H3. The Hall–Kier alpha value is -0.140. The van der Waals surface area contributed by atoms with Crippen LogP contribution in [0.3, 0.4) is 0 Å². The van der Waals surface area contributed by atoms with Crippen molar-refractivity contribution >= 4 is 33.0 Å². The molecule has 1 unspecified atom stereocenters. The number of aryl methyl sites for hydroxylation is 1. The normalized spacial score (nSPS) is 25.0. The van der Waals surface area contributed by atoms with Crippen LogP contribution in [0, 0.1) is 0 Å². The van der Waals surface area contributed by atoms with Crippen LogP contribution in [0.2, 0.25) is 4.34 Å². The number of nitrogens with one attached hydrogen (secondary N) is 1. The second-order valence-electron chi connectivity index (χ2n) is 5.62. The maximum absolute atomic E-state index is 11.5. The fourth-order valence-corrected chi connectivity index (χ4v) is 5.37. The summed E-state index contributed by atoms with van der Waals surface area (Å²) in [5.74, 6) is 0. The van der Waals surface area contributed by atoms with E-state index in [9.17, 15) is 8.42 Å². The van der Waals surface area contributed by atoms with E-state index in [1.165, 1.54) is 16.7 Å². The SMILES string of the molecule is CS(=O)(=O)N1CCC(NC2CCc3sc(Cl)cc32)CC1. The van der Waals surface area contributed by atoms with Crippen LogP contribution in [0.25, 0.3) is 0 Å². The number of sulfonamides is 1. The Morgan fingerprint density at radius 3 is 2.70 bits per heavy atom. The number of hydrogen-bond donors (Lipinski definition) is 1. The lowest BCUT2D eigenvalue weighted by atomic mass is 10.0. The molecule has 1 saturated heterocycles. The van der Waals surface area contributed by atoms with Crippen molar-refractivity contribution < 1.29 is 8.42 Å². The van der Waals surface area contributed by atoms with E-state index in [4.69, 9.17) is 11.6 Å². The van der Waals surface area contributed by atoms with Crippen LogP contribution in [0.15, 0.2) is 6.07 Å². The van der Waals surface area contributed by atoms with E-state index in [1.54, 1.807) is 15.6 Å². The Balaban J connectivity index is 1.58. The zero-order valence-electron chi connectivity index (χ0n) is 11.4. The van der Waals surface area contributed by atoms with Gasteiger partial charge in [0.15, 0.2) is 0 Å². The molecule has 0 amide bonds. The van der Waals surface area contributed by atoms with Gasteiger partial charge in [0.25, 0.3) is 0 Å². The van der Waals surface area contributed by atoms with Gasteiger partial charge in [-0.05, 0) is 37.3 Å². The van der Waals surface area contributed by atoms with Crippen LogP contribution in [-0.4, -0.2) is 38.1 Å². The van der Waals surface area contributed by atoms with Gasteiger partial charge < -0.3 is 5.32 Å². The lowest BCUT2D eigenvalue weighted by molar-refractivity contribution is 0.274. The molecule has 1 aliphatic heterocycles. The number of rotatable bonds is 3. The maximum atomic E-state index is 11.5. The average Bonchev–Trinajstić information content (AvgIpc) is 2.90. The summed E-state index contributed by atoms with van der Waals surface area (Å²) in [4.78, 5) is 1.40. The number of piperidine rings is 1. The predicted molar refractivity (Wildman–Crippen MR) is 83.0 cm³/mol. The molecule has 0 saturated carbocycles. The minimum atomic E-state index is -3.03. The van der Waals surface area contributed by atoms with Crippen molar-refractivity contribution in [1.29, 1.82) is 0 Å². The summed E-state index contributed by atoms with van der Waals surface area (Å²) < 4.78 is 25.4. The molecule has 112 valence electrons. The summed E-state index contributed by atoms with van der Waals surface area (Å²) in [7, 11) is -3.03. The molecular weight excluding hydrogens is 316 g/mol. The highest BCUT2D eigenvalue weighted by Gasteiger charge is 2.30. The first-order valence-corrected chi connectivity index (χ1v) is 9.97. The predicted octanol–water partition coefficient (Wildman–Crippen LogP) is 2.40. The molecule has 4 nitrogen and oxygen atoms in total. The zero-order chi connectivity index (χ0) is 14.3. The summed E-state index contributed by atoms with van der Waals surface area (Å²) in [6.07, 6.45) is 5.29. The summed E-state index contributed by atoms with van der Waals surface area (Å²) in [6.45, 7) is 1.25. The third-order valence-electron chi connectivity index (χ3n) is 4.21. The third kappa shape index (κ3) is 3.04.